The zero-order valence-corrected chi connectivity index (χ0v) is 14.7. The number of nitrogens with zero attached hydrogens (tertiary/aromatic N) is 2. The van der Waals surface area contributed by atoms with Gasteiger partial charge in [0.05, 0.1) is 24.6 Å². The van der Waals surface area contributed by atoms with E-state index in [1.165, 1.54) is 12.1 Å². The van der Waals surface area contributed by atoms with E-state index >= 15 is 0 Å². The average molecular weight is 360 g/mol. The molecule has 3 rings (SSSR count). The van der Waals surface area contributed by atoms with E-state index in [0.29, 0.717) is 48.8 Å². The molecular weight excluding hydrogens is 338 g/mol. The van der Waals surface area contributed by atoms with Crippen LogP contribution in [-0.4, -0.2) is 45.0 Å². The first-order chi connectivity index (χ1) is 12.6. The Labute approximate surface area is 151 Å². The Balaban J connectivity index is 1.95. The lowest BCUT2D eigenvalue weighted by atomic mass is 10.00. The lowest BCUT2D eigenvalue weighted by Gasteiger charge is -2.27. The molecule has 0 aromatic heterocycles. The quantitative estimate of drug-likeness (QED) is 0.613. The van der Waals surface area contributed by atoms with Gasteiger partial charge in [-0.05, 0) is 30.5 Å². The van der Waals surface area contributed by atoms with Gasteiger partial charge in [0.25, 0.3) is 0 Å². The number of anilines is 1. The van der Waals surface area contributed by atoms with Gasteiger partial charge in [0.2, 0.25) is 0 Å². The van der Waals surface area contributed by atoms with Crippen LogP contribution in [0.25, 0.3) is 11.1 Å². The van der Waals surface area contributed by atoms with Crippen LogP contribution >= 0.6 is 0 Å². The van der Waals surface area contributed by atoms with E-state index < -0.39 is 11.6 Å². The van der Waals surface area contributed by atoms with Gasteiger partial charge in [-0.3, -0.25) is 9.89 Å². The highest BCUT2D eigenvalue weighted by atomic mass is 19.1. The van der Waals surface area contributed by atoms with Gasteiger partial charge in [0.15, 0.2) is 0 Å². The van der Waals surface area contributed by atoms with Gasteiger partial charge in [-0.2, -0.15) is 0 Å². The second-order valence-electron chi connectivity index (χ2n) is 6.04. The van der Waals surface area contributed by atoms with Crippen molar-refractivity contribution in [1.29, 1.82) is 0 Å². The second-order valence-corrected chi connectivity index (χ2v) is 6.04. The molecule has 2 aromatic rings. The Bertz CT molecular complexity index is 768. The van der Waals surface area contributed by atoms with Crippen molar-refractivity contribution in [2.45, 2.75) is 6.54 Å². The molecular formula is C19H22F2N4O. The minimum Gasteiger partial charge on any atom is -0.379 e. The summed E-state index contributed by atoms with van der Waals surface area (Å²) in [5, 5.41) is 0. The minimum absolute atomic E-state index is 0.0771. The monoisotopic (exact) mass is 360 g/mol. The standard InChI is InChI=1S/C19H22F2N4O/c1-22-19-14(4-3-5-18(19)24-23-2)13-10-16(20)15(17(21)11-13)12-25-6-8-26-9-7-25/h3-5,10-11,23-24H,1,6-9,12H2,2H3. The van der Waals surface area contributed by atoms with Crippen LogP contribution in [0.4, 0.5) is 20.2 Å². The molecule has 0 unspecified atom stereocenters. The molecule has 0 radical (unpaired) electrons. The highest BCUT2D eigenvalue weighted by Crippen LogP contribution is 2.37. The highest BCUT2D eigenvalue weighted by Gasteiger charge is 2.19. The van der Waals surface area contributed by atoms with Crippen LogP contribution in [0.2, 0.25) is 0 Å². The molecule has 0 amide bonds. The SMILES string of the molecule is C=Nc1c(NNC)cccc1-c1cc(F)c(CN2CCOCC2)c(F)c1. The maximum Gasteiger partial charge on any atom is 0.131 e. The minimum atomic E-state index is -0.562. The smallest absolute Gasteiger partial charge is 0.131 e. The van der Waals surface area contributed by atoms with Crippen molar-refractivity contribution in [2.24, 2.45) is 4.99 Å². The summed E-state index contributed by atoms with van der Waals surface area (Å²) in [7, 11) is 1.72. The number of hydrogen-bond acceptors (Lipinski definition) is 5. The summed E-state index contributed by atoms with van der Waals surface area (Å²) in [6, 6.07) is 8.07. The molecule has 0 saturated carbocycles. The van der Waals surface area contributed by atoms with E-state index in [-0.39, 0.29) is 12.1 Å². The first-order valence-corrected chi connectivity index (χ1v) is 8.45. The third-order valence-electron chi connectivity index (χ3n) is 4.39. The number of rotatable bonds is 6. The Morgan fingerprint density at radius 1 is 1.19 bits per heavy atom. The van der Waals surface area contributed by atoms with E-state index in [4.69, 9.17) is 4.74 Å². The fraction of sp³-hybridized carbons (Fsp3) is 0.316. The van der Waals surface area contributed by atoms with E-state index in [2.05, 4.69) is 22.6 Å². The molecule has 0 spiro atoms. The number of benzene rings is 2. The predicted octanol–water partition coefficient (Wildman–Crippen LogP) is 3.34. The molecule has 5 nitrogen and oxygen atoms in total. The molecule has 2 N–H and O–H groups in total. The van der Waals surface area contributed by atoms with Crippen molar-refractivity contribution >= 4 is 18.1 Å². The summed E-state index contributed by atoms with van der Waals surface area (Å²) >= 11 is 0. The molecule has 138 valence electrons. The van der Waals surface area contributed by atoms with Gasteiger partial charge < -0.3 is 10.2 Å². The van der Waals surface area contributed by atoms with Crippen LogP contribution in [0.3, 0.4) is 0 Å². The van der Waals surface area contributed by atoms with Crippen LogP contribution in [0.15, 0.2) is 35.3 Å². The Morgan fingerprint density at radius 3 is 2.50 bits per heavy atom. The molecule has 1 heterocycles. The lowest BCUT2D eigenvalue weighted by molar-refractivity contribution is 0.0332. The van der Waals surface area contributed by atoms with E-state index in [9.17, 15) is 8.78 Å². The van der Waals surface area contributed by atoms with Crippen LogP contribution in [0, 0.1) is 11.6 Å². The number of ether oxygens (including phenoxy) is 1. The molecule has 1 saturated heterocycles. The number of hydrogen-bond donors (Lipinski definition) is 2. The van der Waals surface area contributed by atoms with E-state index in [0.717, 1.165) is 0 Å². The molecule has 0 aliphatic carbocycles. The summed E-state index contributed by atoms with van der Waals surface area (Å²) in [5.74, 6) is -1.12. The molecule has 1 fully saturated rings. The zero-order valence-electron chi connectivity index (χ0n) is 14.7. The summed E-state index contributed by atoms with van der Waals surface area (Å²) in [6.07, 6.45) is 0. The molecule has 1 aliphatic rings. The number of nitrogens with one attached hydrogen (secondary N) is 2. The maximum absolute atomic E-state index is 14.7. The fourth-order valence-corrected chi connectivity index (χ4v) is 3.07. The average Bonchev–Trinajstić information content (AvgIpc) is 2.65. The van der Waals surface area contributed by atoms with Gasteiger partial charge >= 0.3 is 0 Å². The summed E-state index contributed by atoms with van der Waals surface area (Å²) in [5.41, 5.74) is 8.07. The van der Waals surface area contributed by atoms with Gasteiger partial charge in [-0.25, -0.2) is 14.2 Å². The number of hydrazine groups is 1. The number of aliphatic imine (C=N–C) groups is 1. The Kier molecular flexibility index (Phi) is 5.92. The molecule has 26 heavy (non-hydrogen) atoms. The van der Waals surface area contributed by atoms with Gasteiger partial charge in [0, 0.05) is 37.8 Å². The third-order valence-corrected chi connectivity index (χ3v) is 4.39. The largest absolute Gasteiger partial charge is 0.379 e. The number of morpholine rings is 1. The van der Waals surface area contributed by atoms with Crippen molar-refractivity contribution in [1.82, 2.24) is 10.3 Å². The Hall–Kier alpha value is -2.35. The van der Waals surface area contributed by atoms with Gasteiger partial charge in [-0.15, -0.1) is 0 Å². The van der Waals surface area contributed by atoms with Gasteiger partial charge in [-0.1, -0.05) is 12.1 Å². The van der Waals surface area contributed by atoms with Crippen molar-refractivity contribution in [3.8, 4) is 11.1 Å². The Morgan fingerprint density at radius 2 is 1.88 bits per heavy atom. The first-order valence-electron chi connectivity index (χ1n) is 8.45. The molecule has 0 atom stereocenters. The van der Waals surface area contributed by atoms with Crippen molar-refractivity contribution in [3.63, 3.8) is 0 Å². The summed E-state index contributed by atoms with van der Waals surface area (Å²) < 4.78 is 34.6. The first kappa shape index (κ1) is 18.4. The second kappa shape index (κ2) is 8.35. The molecule has 0 bridgehead atoms. The molecule has 1 aliphatic heterocycles. The highest BCUT2D eigenvalue weighted by molar-refractivity contribution is 5.86. The summed E-state index contributed by atoms with van der Waals surface area (Å²) in [4.78, 5) is 6.01. The zero-order chi connectivity index (χ0) is 18.5. The lowest BCUT2D eigenvalue weighted by Crippen LogP contribution is -2.36. The van der Waals surface area contributed by atoms with Crippen LogP contribution in [0.1, 0.15) is 5.56 Å². The normalized spacial score (nSPS) is 15.0. The van der Waals surface area contributed by atoms with E-state index in [1.807, 2.05) is 11.0 Å². The fourth-order valence-electron chi connectivity index (χ4n) is 3.07. The number of halogens is 2. The van der Waals surface area contributed by atoms with Crippen molar-refractivity contribution in [3.05, 3.63) is 47.5 Å². The molecule has 2 aromatic carbocycles. The summed E-state index contributed by atoms with van der Waals surface area (Å²) in [6.45, 7) is 6.31. The van der Waals surface area contributed by atoms with Crippen molar-refractivity contribution in [2.75, 3.05) is 38.8 Å². The maximum atomic E-state index is 14.7. The predicted molar refractivity (Wildman–Crippen MR) is 99.8 cm³/mol. The van der Waals surface area contributed by atoms with E-state index in [1.54, 1.807) is 19.2 Å². The van der Waals surface area contributed by atoms with Crippen molar-refractivity contribution < 1.29 is 13.5 Å². The van der Waals surface area contributed by atoms with Gasteiger partial charge in [0.1, 0.15) is 11.6 Å². The van der Waals surface area contributed by atoms with Crippen LogP contribution in [0.5, 0.6) is 0 Å². The molecule has 7 heteroatoms. The van der Waals surface area contributed by atoms with Crippen LogP contribution < -0.4 is 10.9 Å². The topological polar surface area (TPSA) is 48.9 Å². The third kappa shape index (κ3) is 3.90. The van der Waals surface area contributed by atoms with Crippen LogP contribution in [-0.2, 0) is 11.3 Å². The number of para-hydroxylation sites is 1.